The fourth-order valence-electron chi connectivity index (χ4n) is 1.93. The van der Waals surface area contributed by atoms with Crippen LogP contribution in [-0.2, 0) is 6.54 Å². The van der Waals surface area contributed by atoms with Crippen molar-refractivity contribution in [2.75, 3.05) is 17.2 Å². The average Bonchev–Trinajstić information content (AvgIpc) is 2.47. The van der Waals surface area contributed by atoms with E-state index in [0.717, 1.165) is 16.9 Å². The summed E-state index contributed by atoms with van der Waals surface area (Å²) >= 11 is 0. The minimum Gasteiger partial charge on any atom is -0.385 e. The Balaban J connectivity index is 2.14. The van der Waals surface area contributed by atoms with Gasteiger partial charge in [0.05, 0.1) is 4.92 Å². The smallest absolute Gasteiger partial charge is 0.273 e. The Kier molecular flexibility index (Phi) is 4.71. The number of benzene rings is 1. The van der Waals surface area contributed by atoms with E-state index < -0.39 is 0 Å². The van der Waals surface area contributed by atoms with Gasteiger partial charge in [0, 0.05) is 48.5 Å². The summed E-state index contributed by atoms with van der Waals surface area (Å²) in [7, 11) is 0. The summed E-state index contributed by atoms with van der Waals surface area (Å²) < 4.78 is 0. The fourth-order valence-corrected chi connectivity index (χ4v) is 1.93. The van der Waals surface area contributed by atoms with Crippen LogP contribution in [0.25, 0.3) is 0 Å². The van der Waals surface area contributed by atoms with Gasteiger partial charge in [0.2, 0.25) is 0 Å². The van der Waals surface area contributed by atoms with Gasteiger partial charge in [-0.15, -0.1) is 0 Å². The molecule has 0 bridgehead atoms. The van der Waals surface area contributed by atoms with Crippen molar-refractivity contribution in [1.29, 1.82) is 0 Å². The molecule has 21 heavy (non-hydrogen) atoms. The SMILES string of the molecule is CCNc1cc(NCc2ccc(C)nc2)cc([N+](=O)[O-])c1. The Bertz CT molecular complexity index is 626. The van der Waals surface area contributed by atoms with Gasteiger partial charge in [0.1, 0.15) is 0 Å². The van der Waals surface area contributed by atoms with Crippen LogP contribution in [0.2, 0.25) is 0 Å². The van der Waals surface area contributed by atoms with Crippen LogP contribution in [0, 0.1) is 17.0 Å². The van der Waals surface area contributed by atoms with E-state index in [1.54, 1.807) is 6.20 Å². The first kappa shape index (κ1) is 14.8. The molecule has 0 unspecified atom stereocenters. The number of nitrogens with zero attached hydrogens (tertiary/aromatic N) is 2. The highest BCUT2D eigenvalue weighted by Crippen LogP contribution is 2.24. The summed E-state index contributed by atoms with van der Waals surface area (Å²) in [6.45, 7) is 5.16. The molecular weight excluding hydrogens is 268 g/mol. The van der Waals surface area contributed by atoms with Crippen LogP contribution >= 0.6 is 0 Å². The molecule has 110 valence electrons. The van der Waals surface area contributed by atoms with E-state index in [1.807, 2.05) is 32.0 Å². The van der Waals surface area contributed by atoms with Crippen molar-refractivity contribution in [3.05, 3.63) is 57.9 Å². The van der Waals surface area contributed by atoms with Gasteiger partial charge in [-0.1, -0.05) is 6.07 Å². The quantitative estimate of drug-likeness (QED) is 0.629. The summed E-state index contributed by atoms with van der Waals surface area (Å²) in [6.07, 6.45) is 1.80. The van der Waals surface area contributed by atoms with E-state index in [2.05, 4.69) is 15.6 Å². The third kappa shape index (κ3) is 4.17. The molecule has 2 rings (SSSR count). The van der Waals surface area contributed by atoms with E-state index >= 15 is 0 Å². The molecule has 0 saturated carbocycles. The highest BCUT2D eigenvalue weighted by atomic mass is 16.6. The number of rotatable bonds is 6. The van der Waals surface area contributed by atoms with Crippen molar-refractivity contribution >= 4 is 17.1 Å². The fraction of sp³-hybridized carbons (Fsp3) is 0.267. The van der Waals surface area contributed by atoms with Crippen LogP contribution in [-0.4, -0.2) is 16.5 Å². The summed E-state index contributed by atoms with van der Waals surface area (Å²) in [5.41, 5.74) is 3.50. The van der Waals surface area contributed by atoms with Crippen molar-refractivity contribution in [2.45, 2.75) is 20.4 Å². The first-order chi connectivity index (χ1) is 10.1. The van der Waals surface area contributed by atoms with Gasteiger partial charge in [-0.3, -0.25) is 15.1 Å². The molecule has 0 radical (unpaired) electrons. The lowest BCUT2D eigenvalue weighted by molar-refractivity contribution is -0.384. The zero-order chi connectivity index (χ0) is 15.2. The van der Waals surface area contributed by atoms with Crippen LogP contribution in [0.4, 0.5) is 17.1 Å². The van der Waals surface area contributed by atoms with E-state index in [9.17, 15) is 10.1 Å². The Hall–Kier alpha value is -2.63. The number of nitro benzene ring substituents is 1. The molecule has 0 fully saturated rings. The molecule has 0 atom stereocenters. The number of anilines is 2. The van der Waals surface area contributed by atoms with Crippen molar-refractivity contribution in [3.63, 3.8) is 0 Å². The van der Waals surface area contributed by atoms with E-state index in [1.165, 1.54) is 12.1 Å². The third-order valence-electron chi connectivity index (χ3n) is 2.98. The molecule has 6 heteroatoms. The van der Waals surface area contributed by atoms with Gasteiger partial charge in [0.15, 0.2) is 0 Å². The molecule has 0 aliphatic carbocycles. The number of nitro groups is 1. The van der Waals surface area contributed by atoms with Crippen molar-refractivity contribution in [3.8, 4) is 0 Å². The lowest BCUT2D eigenvalue weighted by Gasteiger charge is -2.09. The van der Waals surface area contributed by atoms with Gasteiger partial charge in [-0.2, -0.15) is 0 Å². The molecule has 0 aliphatic heterocycles. The Labute approximate surface area is 123 Å². The molecule has 1 aromatic carbocycles. The summed E-state index contributed by atoms with van der Waals surface area (Å²) in [4.78, 5) is 14.8. The predicted molar refractivity (Wildman–Crippen MR) is 83.6 cm³/mol. The van der Waals surface area contributed by atoms with Gasteiger partial charge in [-0.05, 0) is 31.5 Å². The largest absolute Gasteiger partial charge is 0.385 e. The molecule has 0 saturated heterocycles. The number of nitrogens with one attached hydrogen (secondary N) is 2. The van der Waals surface area contributed by atoms with Crippen LogP contribution < -0.4 is 10.6 Å². The summed E-state index contributed by atoms with van der Waals surface area (Å²) in [5.74, 6) is 0. The second-order valence-electron chi connectivity index (χ2n) is 4.72. The minimum absolute atomic E-state index is 0.0676. The number of aryl methyl sites for hydroxylation is 1. The van der Waals surface area contributed by atoms with Gasteiger partial charge >= 0.3 is 0 Å². The second kappa shape index (κ2) is 6.69. The monoisotopic (exact) mass is 286 g/mol. The maximum atomic E-state index is 11.0. The van der Waals surface area contributed by atoms with Crippen molar-refractivity contribution < 1.29 is 4.92 Å². The van der Waals surface area contributed by atoms with E-state index in [4.69, 9.17) is 0 Å². The molecule has 0 amide bonds. The number of hydrogen-bond donors (Lipinski definition) is 2. The van der Waals surface area contributed by atoms with E-state index in [-0.39, 0.29) is 10.6 Å². The molecule has 2 N–H and O–H groups in total. The van der Waals surface area contributed by atoms with Gasteiger partial charge < -0.3 is 10.6 Å². The average molecular weight is 286 g/mol. The van der Waals surface area contributed by atoms with Crippen molar-refractivity contribution in [2.24, 2.45) is 0 Å². The Morgan fingerprint density at radius 3 is 2.48 bits per heavy atom. The molecule has 6 nitrogen and oxygen atoms in total. The predicted octanol–water partition coefficient (Wildman–Crippen LogP) is 3.34. The maximum absolute atomic E-state index is 11.0. The number of hydrogen-bond acceptors (Lipinski definition) is 5. The zero-order valence-corrected chi connectivity index (χ0v) is 12.1. The number of non-ortho nitro benzene ring substituents is 1. The Morgan fingerprint density at radius 2 is 1.90 bits per heavy atom. The van der Waals surface area contributed by atoms with Crippen LogP contribution in [0.5, 0.6) is 0 Å². The zero-order valence-electron chi connectivity index (χ0n) is 12.1. The van der Waals surface area contributed by atoms with Crippen LogP contribution in [0.15, 0.2) is 36.5 Å². The lowest BCUT2D eigenvalue weighted by Crippen LogP contribution is -2.03. The first-order valence-electron chi connectivity index (χ1n) is 6.77. The minimum atomic E-state index is -0.389. The molecule has 2 aromatic rings. The second-order valence-corrected chi connectivity index (χ2v) is 4.72. The highest BCUT2D eigenvalue weighted by molar-refractivity contribution is 5.63. The number of aromatic nitrogens is 1. The first-order valence-corrected chi connectivity index (χ1v) is 6.77. The van der Waals surface area contributed by atoms with Crippen LogP contribution in [0.1, 0.15) is 18.2 Å². The maximum Gasteiger partial charge on any atom is 0.273 e. The van der Waals surface area contributed by atoms with Gasteiger partial charge in [0.25, 0.3) is 5.69 Å². The van der Waals surface area contributed by atoms with E-state index in [0.29, 0.717) is 18.8 Å². The van der Waals surface area contributed by atoms with Crippen molar-refractivity contribution in [1.82, 2.24) is 4.98 Å². The topological polar surface area (TPSA) is 80.1 Å². The number of pyridine rings is 1. The molecule has 1 heterocycles. The summed E-state index contributed by atoms with van der Waals surface area (Å²) in [6, 6.07) is 8.84. The third-order valence-corrected chi connectivity index (χ3v) is 2.98. The molecule has 0 spiro atoms. The highest BCUT2D eigenvalue weighted by Gasteiger charge is 2.09. The normalized spacial score (nSPS) is 10.2. The lowest BCUT2D eigenvalue weighted by atomic mass is 10.2. The van der Waals surface area contributed by atoms with Gasteiger partial charge in [-0.25, -0.2) is 0 Å². The molecular formula is C15H18N4O2. The standard InChI is InChI=1S/C15H18N4O2/c1-3-16-13-6-14(8-15(7-13)19(20)21)18-10-12-5-4-11(2)17-9-12/h4-9,16,18H,3,10H2,1-2H3. The molecule has 1 aromatic heterocycles. The molecule has 0 aliphatic rings. The Morgan fingerprint density at radius 1 is 1.19 bits per heavy atom. The summed E-state index contributed by atoms with van der Waals surface area (Å²) in [5, 5.41) is 17.2. The van der Waals surface area contributed by atoms with Crippen LogP contribution in [0.3, 0.4) is 0 Å².